The van der Waals surface area contributed by atoms with Gasteiger partial charge in [-0.1, -0.05) is 25.1 Å². The van der Waals surface area contributed by atoms with Crippen LogP contribution in [0.3, 0.4) is 0 Å². The molecule has 1 saturated heterocycles. The van der Waals surface area contributed by atoms with Crippen LogP contribution in [-0.4, -0.2) is 47.6 Å². The molecule has 2 aromatic rings. The molecule has 2 heterocycles. The van der Waals surface area contributed by atoms with E-state index in [4.69, 9.17) is 18.9 Å². The summed E-state index contributed by atoms with van der Waals surface area (Å²) in [6, 6.07) is 12.0. The minimum atomic E-state index is -0.981. The molecule has 0 spiro atoms. The number of hydrogen-bond donors (Lipinski definition) is 1. The van der Waals surface area contributed by atoms with Crippen LogP contribution in [0.4, 0.5) is 4.79 Å². The number of rotatable bonds is 6. The highest BCUT2D eigenvalue weighted by molar-refractivity contribution is 5.77. The summed E-state index contributed by atoms with van der Waals surface area (Å²) >= 11 is 0. The molecular formula is C26H31NO7. The molecule has 2 aliphatic heterocycles. The molecule has 3 atom stereocenters. The van der Waals surface area contributed by atoms with Gasteiger partial charge < -0.3 is 24.1 Å². The molecule has 4 rings (SSSR count). The van der Waals surface area contributed by atoms with Crippen LogP contribution in [-0.2, 0) is 9.53 Å². The van der Waals surface area contributed by atoms with Gasteiger partial charge in [0.25, 0.3) is 0 Å². The number of carboxylic acid groups (broad SMARTS) is 1. The predicted octanol–water partition coefficient (Wildman–Crippen LogP) is 4.98. The minimum Gasteiger partial charge on any atom is -0.494 e. The van der Waals surface area contributed by atoms with Crippen molar-refractivity contribution in [3.05, 3.63) is 53.6 Å². The number of amides is 1. The largest absolute Gasteiger partial charge is 0.494 e. The predicted molar refractivity (Wildman–Crippen MR) is 124 cm³/mol. The topological polar surface area (TPSA) is 94.5 Å². The average molecular weight is 470 g/mol. The van der Waals surface area contributed by atoms with Gasteiger partial charge in [0.1, 0.15) is 11.4 Å². The molecule has 0 aliphatic carbocycles. The quantitative estimate of drug-likeness (QED) is 0.637. The van der Waals surface area contributed by atoms with E-state index in [0.717, 1.165) is 12.0 Å². The normalized spacial score (nSPS) is 21.4. The van der Waals surface area contributed by atoms with Crippen molar-refractivity contribution >= 4 is 12.1 Å². The lowest BCUT2D eigenvalue weighted by Gasteiger charge is -2.30. The molecule has 0 aromatic heterocycles. The molecule has 8 heteroatoms. The van der Waals surface area contributed by atoms with Gasteiger partial charge in [0.15, 0.2) is 11.5 Å². The van der Waals surface area contributed by atoms with Gasteiger partial charge in [0.2, 0.25) is 6.79 Å². The number of carbonyl (C=O) groups excluding carboxylic acids is 1. The first-order valence-corrected chi connectivity index (χ1v) is 11.5. The monoisotopic (exact) mass is 469 g/mol. The number of fused-ring (bicyclic) bond motifs is 1. The van der Waals surface area contributed by atoms with Gasteiger partial charge in [-0.15, -0.1) is 0 Å². The summed E-state index contributed by atoms with van der Waals surface area (Å²) in [6.07, 6.45) is 0.341. The van der Waals surface area contributed by atoms with Crippen molar-refractivity contribution in [2.75, 3.05) is 19.9 Å². The van der Waals surface area contributed by atoms with Gasteiger partial charge in [-0.3, -0.25) is 9.69 Å². The molecule has 2 aliphatic rings. The summed E-state index contributed by atoms with van der Waals surface area (Å²) in [4.78, 5) is 27.4. The van der Waals surface area contributed by atoms with E-state index in [9.17, 15) is 14.7 Å². The third-order valence-corrected chi connectivity index (χ3v) is 5.94. The summed E-state index contributed by atoms with van der Waals surface area (Å²) in [7, 11) is 0. The van der Waals surface area contributed by atoms with Crippen LogP contribution in [0, 0.1) is 5.92 Å². The maximum Gasteiger partial charge on any atom is 0.410 e. The summed E-state index contributed by atoms with van der Waals surface area (Å²) in [6.45, 7) is 8.32. The fourth-order valence-electron chi connectivity index (χ4n) is 4.49. The first-order chi connectivity index (χ1) is 16.2. The molecule has 1 amide bonds. The lowest BCUT2D eigenvalue weighted by Crippen LogP contribution is -2.38. The zero-order chi connectivity index (χ0) is 24.5. The van der Waals surface area contributed by atoms with Crippen LogP contribution in [0.1, 0.15) is 57.2 Å². The van der Waals surface area contributed by atoms with E-state index in [1.54, 1.807) is 32.9 Å². The van der Waals surface area contributed by atoms with Crippen molar-refractivity contribution in [2.45, 2.75) is 51.7 Å². The van der Waals surface area contributed by atoms with E-state index < -0.39 is 35.5 Å². The number of hydrogen-bond acceptors (Lipinski definition) is 6. The van der Waals surface area contributed by atoms with Crippen LogP contribution in [0.2, 0.25) is 0 Å². The number of likely N-dealkylation sites (tertiary alicyclic amines) is 1. The van der Waals surface area contributed by atoms with Gasteiger partial charge >= 0.3 is 12.1 Å². The fraction of sp³-hybridized carbons (Fsp3) is 0.462. The Balaban J connectivity index is 1.72. The molecule has 2 aromatic carbocycles. The maximum atomic E-state index is 13.2. The summed E-state index contributed by atoms with van der Waals surface area (Å²) in [5, 5.41) is 10.3. The minimum absolute atomic E-state index is 0.130. The zero-order valence-electron chi connectivity index (χ0n) is 19.9. The molecule has 1 N–H and O–H groups in total. The highest BCUT2D eigenvalue weighted by atomic mass is 16.7. The zero-order valence-corrected chi connectivity index (χ0v) is 19.9. The van der Waals surface area contributed by atoms with E-state index in [-0.39, 0.29) is 13.3 Å². The number of ether oxygens (including phenoxy) is 4. The van der Waals surface area contributed by atoms with E-state index in [2.05, 4.69) is 0 Å². The second-order valence-electron chi connectivity index (χ2n) is 9.58. The molecule has 0 saturated carbocycles. The Labute approximate surface area is 199 Å². The Morgan fingerprint density at radius 3 is 2.38 bits per heavy atom. The van der Waals surface area contributed by atoms with Crippen LogP contribution in [0.5, 0.6) is 17.2 Å². The third kappa shape index (κ3) is 4.90. The molecule has 0 bridgehead atoms. The van der Waals surface area contributed by atoms with Crippen LogP contribution < -0.4 is 14.2 Å². The number of carboxylic acids is 1. The van der Waals surface area contributed by atoms with E-state index in [0.29, 0.717) is 29.4 Å². The molecule has 34 heavy (non-hydrogen) atoms. The van der Waals surface area contributed by atoms with Crippen molar-refractivity contribution in [3.8, 4) is 17.2 Å². The van der Waals surface area contributed by atoms with Crippen molar-refractivity contribution in [3.63, 3.8) is 0 Å². The molecule has 8 nitrogen and oxygen atoms in total. The van der Waals surface area contributed by atoms with Crippen LogP contribution in [0.25, 0.3) is 0 Å². The van der Waals surface area contributed by atoms with E-state index in [1.807, 2.05) is 37.3 Å². The lowest BCUT2D eigenvalue weighted by atomic mass is 9.83. The maximum absolute atomic E-state index is 13.2. The highest BCUT2D eigenvalue weighted by Crippen LogP contribution is 2.48. The first kappa shape index (κ1) is 23.7. The lowest BCUT2D eigenvalue weighted by molar-refractivity contribution is -0.143. The number of aliphatic carboxylic acids is 1. The van der Waals surface area contributed by atoms with Gasteiger partial charge in [-0.25, -0.2) is 4.79 Å². The second kappa shape index (κ2) is 9.44. The molecular weight excluding hydrogens is 438 g/mol. The Bertz CT molecular complexity index is 1040. The molecule has 0 radical (unpaired) electrons. The Morgan fingerprint density at radius 1 is 1.06 bits per heavy atom. The summed E-state index contributed by atoms with van der Waals surface area (Å²) in [5.74, 6) is -0.421. The fourth-order valence-corrected chi connectivity index (χ4v) is 4.49. The van der Waals surface area contributed by atoms with Gasteiger partial charge in [-0.05, 0) is 62.6 Å². The SMILES string of the molecule is CCCOc1ccc([C@@H]2[C@@H](C(=O)O)[C@@H](c3ccc4c(c3)OCO4)CN2C(=O)OC(C)(C)C)cc1. The average Bonchev–Trinajstić information content (AvgIpc) is 3.41. The van der Waals surface area contributed by atoms with Crippen LogP contribution in [0.15, 0.2) is 42.5 Å². The molecule has 1 fully saturated rings. The third-order valence-electron chi connectivity index (χ3n) is 5.94. The van der Waals surface area contributed by atoms with E-state index >= 15 is 0 Å². The number of nitrogens with zero attached hydrogens (tertiary/aromatic N) is 1. The number of benzene rings is 2. The Hall–Kier alpha value is -3.42. The highest BCUT2D eigenvalue weighted by Gasteiger charge is 2.50. The summed E-state index contributed by atoms with van der Waals surface area (Å²) < 4.78 is 22.2. The summed E-state index contributed by atoms with van der Waals surface area (Å²) in [5.41, 5.74) is 0.774. The smallest absolute Gasteiger partial charge is 0.410 e. The van der Waals surface area contributed by atoms with Crippen molar-refractivity contribution < 1.29 is 33.6 Å². The first-order valence-electron chi connectivity index (χ1n) is 11.5. The van der Waals surface area contributed by atoms with E-state index in [1.165, 1.54) is 4.90 Å². The molecule has 0 unspecified atom stereocenters. The van der Waals surface area contributed by atoms with Crippen molar-refractivity contribution in [2.24, 2.45) is 5.92 Å². The molecule has 182 valence electrons. The van der Waals surface area contributed by atoms with Crippen molar-refractivity contribution in [1.29, 1.82) is 0 Å². The van der Waals surface area contributed by atoms with Crippen molar-refractivity contribution in [1.82, 2.24) is 4.90 Å². The van der Waals surface area contributed by atoms with Crippen LogP contribution >= 0.6 is 0 Å². The Kier molecular flexibility index (Phi) is 6.59. The Morgan fingerprint density at radius 2 is 1.74 bits per heavy atom. The van der Waals surface area contributed by atoms with Gasteiger partial charge in [0, 0.05) is 12.5 Å². The van der Waals surface area contributed by atoms with Gasteiger partial charge in [-0.2, -0.15) is 0 Å². The van der Waals surface area contributed by atoms with Gasteiger partial charge in [0.05, 0.1) is 18.6 Å². The number of carbonyl (C=O) groups is 2. The standard InChI is InChI=1S/C26H31NO7/c1-5-12-31-18-9-6-16(7-10-18)23-22(24(28)29)19(14-27(23)25(30)34-26(2,3)4)17-8-11-20-21(13-17)33-15-32-20/h6-11,13,19,22-23H,5,12,14-15H2,1-4H3,(H,28,29)/t19-,22+,23-/m1/s1. The second-order valence-corrected chi connectivity index (χ2v) is 9.58.